The van der Waals surface area contributed by atoms with E-state index in [4.69, 9.17) is 0 Å². The number of hydrogen-bond acceptors (Lipinski definition) is 6. The Hall–Kier alpha value is -2.29. The molecule has 3 heterocycles. The van der Waals surface area contributed by atoms with Crippen LogP contribution >= 0.6 is 0 Å². The summed E-state index contributed by atoms with van der Waals surface area (Å²) in [6.07, 6.45) is 3.89. The number of carbonyl (C=O) groups is 3. The third-order valence-electron chi connectivity index (χ3n) is 7.96. The largest absolute Gasteiger partial charge is 0.396 e. The summed E-state index contributed by atoms with van der Waals surface area (Å²) in [4.78, 5) is 38.5. The monoisotopic (exact) mass is 426 g/mol. The highest BCUT2D eigenvalue weighted by Crippen LogP contribution is 2.67. The molecule has 166 valence electrons. The molecule has 1 spiro atoms. The Bertz CT molecular complexity index is 926. The minimum Gasteiger partial charge on any atom is -0.396 e. The highest BCUT2D eigenvalue weighted by Gasteiger charge is 2.65. The number of piperidine rings is 2. The van der Waals surface area contributed by atoms with Gasteiger partial charge in [-0.2, -0.15) is 0 Å². The fraction of sp³-hybridized carbons (Fsp3) is 0.609. The highest BCUT2D eigenvalue weighted by atomic mass is 16.3. The van der Waals surface area contributed by atoms with Crippen LogP contribution in [-0.2, 0) is 22.7 Å². The van der Waals surface area contributed by atoms with Crippen LogP contribution in [0, 0.1) is 10.8 Å². The summed E-state index contributed by atoms with van der Waals surface area (Å²) in [5.74, 6) is -0.803. The second kappa shape index (κ2) is 7.69. The molecule has 3 fully saturated rings. The molecule has 5 rings (SSSR count). The lowest BCUT2D eigenvalue weighted by Gasteiger charge is -2.29. The third-order valence-corrected chi connectivity index (χ3v) is 7.96. The fourth-order valence-corrected chi connectivity index (χ4v) is 6.02. The molecule has 1 aliphatic carbocycles. The lowest BCUT2D eigenvalue weighted by Crippen LogP contribution is -2.52. The predicted octanol–water partition coefficient (Wildman–Crippen LogP) is 0.289. The number of carbonyl (C=O) groups excluding carboxylic acids is 3. The van der Waals surface area contributed by atoms with E-state index in [0.717, 1.165) is 50.0 Å². The smallest absolute Gasteiger partial charge is 0.255 e. The number of amides is 3. The molecule has 1 aromatic carbocycles. The molecule has 3 amide bonds. The average Bonchev–Trinajstić information content (AvgIpc) is 3.22. The van der Waals surface area contributed by atoms with Crippen molar-refractivity contribution in [3.8, 4) is 0 Å². The maximum absolute atomic E-state index is 13.2. The van der Waals surface area contributed by atoms with Crippen molar-refractivity contribution in [2.45, 2.75) is 51.2 Å². The van der Waals surface area contributed by atoms with Crippen LogP contribution in [0.3, 0.4) is 0 Å². The molecule has 31 heavy (non-hydrogen) atoms. The highest BCUT2D eigenvalue weighted by molar-refractivity contribution is 6.05. The summed E-state index contributed by atoms with van der Waals surface area (Å²) in [5, 5.41) is 19.4. The van der Waals surface area contributed by atoms with E-state index >= 15 is 0 Å². The molecule has 8 nitrogen and oxygen atoms in total. The zero-order chi connectivity index (χ0) is 21.6. The van der Waals surface area contributed by atoms with Gasteiger partial charge in [0.2, 0.25) is 11.8 Å². The van der Waals surface area contributed by atoms with Crippen LogP contribution in [0.4, 0.5) is 0 Å². The summed E-state index contributed by atoms with van der Waals surface area (Å²) in [6.45, 7) is 3.89. The van der Waals surface area contributed by atoms with Crippen LogP contribution in [0.25, 0.3) is 0 Å². The van der Waals surface area contributed by atoms with Gasteiger partial charge in [0, 0.05) is 37.0 Å². The number of imide groups is 1. The van der Waals surface area contributed by atoms with Crippen molar-refractivity contribution in [3.63, 3.8) is 0 Å². The zero-order valence-electron chi connectivity index (χ0n) is 17.7. The van der Waals surface area contributed by atoms with Gasteiger partial charge in [0.1, 0.15) is 6.04 Å². The SMILES string of the molecule is O=C1CCC(N2Cc3cccc(CNCC4(CO)CC45CCNCC5)c3C2=O)C(=O)N1. The Morgan fingerprint density at radius 1 is 1.19 bits per heavy atom. The molecule has 2 atom stereocenters. The van der Waals surface area contributed by atoms with E-state index in [0.29, 0.717) is 25.1 Å². The molecule has 0 bridgehead atoms. The van der Waals surface area contributed by atoms with Crippen LogP contribution in [0.2, 0.25) is 0 Å². The quantitative estimate of drug-likeness (QED) is 0.487. The minimum absolute atomic E-state index is 0.0597. The van der Waals surface area contributed by atoms with Gasteiger partial charge in [-0.25, -0.2) is 0 Å². The van der Waals surface area contributed by atoms with Crippen molar-refractivity contribution in [1.29, 1.82) is 0 Å². The molecule has 2 saturated heterocycles. The summed E-state index contributed by atoms with van der Waals surface area (Å²) < 4.78 is 0. The van der Waals surface area contributed by atoms with Crippen LogP contribution < -0.4 is 16.0 Å². The summed E-state index contributed by atoms with van der Waals surface area (Å²) >= 11 is 0. The molecule has 0 aromatic heterocycles. The van der Waals surface area contributed by atoms with Crippen LogP contribution in [0.15, 0.2) is 18.2 Å². The third kappa shape index (κ3) is 3.37. The van der Waals surface area contributed by atoms with Crippen LogP contribution in [0.1, 0.15) is 53.6 Å². The van der Waals surface area contributed by atoms with Gasteiger partial charge in [0.25, 0.3) is 5.91 Å². The Morgan fingerprint density at radius 3 is 2.74 bits per heavy atom. The summed E-state index contributed by atoms with van der Waals surface area (Å²) in [5.41, 5.74) is 2.70. The number of fused-ring (bicyclic) bond motifs is 1. The second-order valence-electron chi connectivity index (χ2n) is 9.60. The molecular formula is C23H30N4O4. The topological polar surface area (TPSA) is 111 Å². The first-order valence-corrected chi connectivity index (χ1v) is 11.3. The lowest BCUT2D eigenvalue weighted by molar-refractivity contribution is -0.136. The number of hydrogen-bond donors (Lipinski definition) is 4. The van der Waals surface area contributed by atoms with Crippen molar-refractivity contribution >= 4 is 17.7 Å². The van der Waals surface area contributed by atoms with Crippen LogP contribution in [0.5, 0.6) is 0 Å². The van der Waals surface area contributed by atoms with Crippen LogP contribution in [-0.4, -0.2) is 60.0 Å². The van der Waals surface area contributed by atoms with E-state index in [2.05, 4.69) is 16.0 Å². The summed E-state index contributed by atoms with van der Waals surface area (Å²) in [6, 6.07) is 5.24. The molecule has 3 aliphatic heterocycles. The lowest BCUT2D eigenvalue weighted by atomic mass is 9.85. The van der Waals surface area contributed by atoms with Gasteiger partial charge < -0.3 is 20.6 Å². The number of aliphatic hydroxyl groups excluding tert-OH is 1. The Kier molecular flexibility index (Phi) is 5.11. The van der Waals surface area contributed by atoms with E-state index in [1.54, 1.807) is 4.90 Å². The van der Waals surface area contributed by atoms with E-state index < -0.39 is 6.04 Å². The van der Waals surface area contributed by atoms with Crippen molar-refractivity contribution in [3.05, 3.63) is 34.9 Å². The number of rotatable bonds is 6. The maximum atomic E-state index is 13.2. The Morgan fingerprint density at radius 2 is 2.00 bits per heavy atom. The van der Waals surface area contributed by atoms with E-state index in [1.807, 2.05) is 18.2 Å². The number of nitrogens with one attached hydrogen (secondary N) is 3. The first-order valence-electron chi connectivity index (χ1n) is 11.3. The van der Waals surface area contributed by atoms with Gasteiger partial charge in [-0.15, -0.1) is 0 Å². The predicted molar refractivity (Wildman–Crippen MR) is 113 cm³/mol. The standard InChI is InChI=1S/C23H30N4O4/c28-14-23(12-22(23)6-8-24-9-7-22)13-25-10-15-2-1-3-16-11-27(21(31)19(15)16)17-4-5-18(29)26-20(17)30/h1-3,17,24-25,28H,4-14H2,(H,26,29,30). The van der Waals surface area contributed by atoms with Gasteiger partial charge in [-0.3, -0.25) is 19.7 Å². The van der Waals surface area contributed by atoms with Crippen molar-refractivity contribution < 1.29 is 19.5 Å². The first kappa shape index (κ1) is 20.6. The molecule has 0 radical (unpaired) electrons. The normalized spacial score (nSPS) is 29.3. The second-order valence-corrected chi connectivity index (χ2v) is 9.60. The zero-order valence-corrected chi connectivity index (χ0v) is 17.7. The van der Waals surface area contributed by atoms with Gasteiger partial charge in [0.15, 0.2) is 0 Å². The molecule has 1 saturated carbocycles. The van der Waals surface area contributed by atoms with Gasteiger partial charge in [-0.1, -0.05) is 18.2 Å². The average molecular weight is 427 g/mol. The molecule has 4 aliphatic rings. The molecule has 2 unspecified atom stereocenters. The number of benzene rings is 1. The molecular weight excluding hydrogens is 396 g/mol. The van der Waals surface area contributed by atoms with Gasteiger partial charge >= 0.3 is 0 Å². The van der Waals surface area contributed by atoms with Gasteiger partial charge in [0.05, 0.1) is 6.61 Å². The molecule has 4 N–H and O–H groups in total. The van der Waals surface area contributed by atoms with E-state index in [9.17, 15) is 19.5 Å². The summed E-state index contributed by atoms with van der Waals surface area (Å²) in [7, 11) is 0. The van der Waals surface area contributed by atoms with E-state index in [-0.39, 0.29) is 41.6 Å². The van der Waals surface area contributed by atoms with Gasteiger partial charge in [-0.05, 0) is 55.3 Å². The first-order chi connectivity index (χ1) is 15.0. The van der Waals surface area contributed by atoms with Crippen molar-refractivity contribution in [2.24, 2.45) is 10.8 Å². The Balaban J connectivity index is 1.26. The fourth-order valence-electron chi connectivity index (χ4n) is 6.02. The minimum atomic E-state index is -0.595. The van der Waals surface area contributed by atoms with Crippen molar-refractivity contribution in [1.82, 2.24) is 20.9 Å². The number of nitrogens with zero attached hydrogens (tertiary/aromatic N) is 1. The van der Waals surface area contributed by atoms with Crippen molar-refractivity contribution in [2.75, 3.05) is 26.2 Å². The Labute approximate surface area is 181 Å². The molecule has 1 aromatic rings. The number of aliphatic hydroxyl groups is 1. The molecule has 8 heteroatoms. The van der Waals surface area contributed by atoms with E-state index in [1.165, 1.54) is 0 Å². The maximum Gasteiger partial charge on any atom is 0.255 e.